The number of rotatable bonds is 1. The summed E-state index contributed by atoms with van der Waals surface area (Å²) in [6, 6.07) is 0. The van der Waals surface area contributed by atoms with Gasteiger partial charge in [-0.3, -0.25) is 4.99 Å². The zero-order valence-electron chi connectivity index (χ0n) is 13.4. The Hall–Kier alpha value is -1.31. The number of ether oxygens (including phenoxy) is 1. The fraction of sp³-hybridized carbons (Fsp3) is 0.533. The van der Waals surface area contributed by atoms with Crippen molar-refractivity contribution in [3.8, 4) is 0 Å². The Morgan fingerprint density at radius 2 is 2.30 bits per heavy atom. The van der Waals surface area contributed by atoms with E-state index in [4.69, 9.17) is 16.5 Å². The molecule has 23 heavy (non-hydrogen) atoms. The Morgan fingerprint density at radius 3 is 3.04 bits per heavy atom. The molecule has 0 bridgehead atoms. The zero-order valence-corrected chi connectivity index (χ0v) is 15.0. The highest BCUT2D eigenvalue weighted by molar-refractivity contribution is 8.00. The lowest BCUT2D eigenvalue weighted by molar-refractivity contribution is -0.592. The Morgan fingerprint density at radius 1 is 1.52 bits per heavy atom. The number of quaternary nitrogens is 1. The highest BCUT2D eigenvalue weighted by Gasteiger charge is 2.42. The first-order valence-electron chi connectivity index (χ1n) is 7.47. The van der Waals surface area contributed by atoms with E-state index in [9.17, 15) is 4.79 Å². The van der Waals surface area contributed by atoms with E-state index in [1.54, 1.807) is 41.6 Å². The molecule has 6 nitrogen and oxygen atoms in total. The zero-order chi connectivity index (χ0) is 16.7. The van der Waals surface area contributed by atoms with Crippen molar-refractivity contribution < 1.29 is 13.5 Å². The monoisotopic (exact) mass is 355 g/mol. The summed E-state index contributed by atoms with van der Waals surface area (Å²) < 4.78 is 5.49. The van der Waals surface area contributed by atoms with Gasteiger partial charge in [0, 0.05) is 18.8 Å². The van der Waals surface area contributed by atoms with E-state index >= 15 is 0 Å². The summed E-state index contributed by atoms with van der Waals surface area (Å²) in [6.45, 7) is 6.85. The van der Waals surface area contributed by atoms with Gasteiger partial charge < -0.3 is 9.64 Å². The minimum absolute atomic E-state index is 0.0162. The van der Waals surface area contributed by atoms with E-state index in [-0.39, 0.29) is 15.3 Å². The standard InChI is InChI=1S/C15H20ClN4O2S/c1-15(2,3)22-14(21)19-5-7-23-12(9-19)13-11-8-17-4-6-20(11,16)10-18-13/h4,6,8,10,12H,5,7,9H2,1-3H3/q+1. The summed E-state index contributed by atoms with van der Waals surface area (Å²) in [6.07, 6.45) is 6.57. The molecule has 0 N–H and O–H groups in total. The van der Waals surface area contributed by atoms with Crippen LogP contribution in [0.5, 0.6) is 0 Å². The lowest BCUT2D eigenvalue weighted by Gasteiger charge is -2.33. The second-order valence-electron chi connectivity index (χ2n) is 6.56. The molecule has 1 amide bonds. The van der Waals surface area contributed by atoms with Crippen molar-refractivity contribution >= 4 is 42.2 Å². The molecule has 0 aromatic carbocycles. The summed E-state index contributed by atoms with van der Waals surface area (Å²) in [5, 5.41) is 0.0687. The van der Waals surface area contributed by atoms with Crippen molar-refractivity contribution in [3.05, 3.63) is 23.8 Å². The molecule has 0 radical (unpaired) electrons. The van der Waals surface area contributed by atoms with E-state index in [0.717, 1.165) is 17.1 Å². The van der Waals surface area contributed by atoms with Gasteiger partial charge in [0.15, 0.2) is 11.8 Å². The SMILES string of the molecule is CC(C)(C)OC(=O)N1CCSC(C2=C3C=NC=C[N+]3(Cl)C=N2)C1. The third kappa shape index (κ3) is 3.46. The quantitative estimate of drug-likeness (QED) is 0.679. The molecule has 3 rings (SSSR count). The number of allylic oxidation sites excluding steroid dienone is 1. The molecule has 124 valence electrons. The lowest BCUT2D eigenvalue weighted by Crippen LogP contribution is -2.45. The van der Waals surface area contributed by atoms with Crippen LogP contribution in [0.1, 0.15) is 20.8 Å². The molecule has 8 heteroatoms. The number of thioether (sulfide) groups is 1. The molecule has 2 atom stereocenters. The van der Waals surface area contributed by atoms with E-state index < -0.39 is 5.60 Å². The molecule has 0 saturated carbocycles. The number of halogens is 1. The molecule has 0 spiro atoms. The van der Waals surface area contributed by atoms with Crippen LogP contribution in [-0.4, -0.2) is 57.2 Å². The first kappa shape index (κ1) is 16.5. The van der Waals surface area contributed by atoms with Gasteiger partial charge in [-0.1, -0.05) is 0 Å². The van der Waals surface area contributed by atoms with E-state index in [1.165, 1.54) is 0 Å². The van der Waals surface area contributed by atoms with Gasteiger partial charge in [0.2, 0.25) is 12.0 Å². The molecular weight excluding hydrogens is 336 g/mol. The fourth-order valence-corrected chi connectivity index (χ4v) is 3.99. The molecule has 3 aliphatic heterocycles. The van der Waals surface area contributed by atoms with Crippen LogP contribution in [0.25, 0.3) is 0 Å². The van der Waals surface area contributed by atoms with Gasteiger partial charge in [-0.15, -0.1) is 15.8 Å². The number of carbonyl (C=O) groups excluding carboxylic acids is 1. The van der Waals surface area contributed by atoms with Crippen LogP contribution in [-0.2, 0) is 4.74 Å². The second-order valence-corrected chi connectivity index (χ2v) is 8.43. The smallest absolute Gasteiger partial charge is 0.410 e. The number of nitrogens with zero attached hydrogens (tertiary/aromatic N) is 4. The van der Waals surface area contributed by atoms with Crippen LogP contribution in [0.3, 0.4) is 0 Å². The maximum absolute atomic E-state index is 12.3. The van der Waals surface area contributed by atoms with E-state index in [1.807, 2.05) is 20.8 Å². The topological polar surface area (TPSA) is 54.3 Å². The van der Waals surface area contributed by atoms with Crippen LogP contribution in [0.2, 0.25) is 0 Å². The molecule has 1 saturated heterocycles. The first-order chi connectivity index (χ1) is 10.8. The largest absolute Gasteiger partial charge is 0.444 e. The maximum atomic E-state index is 12.3. The van der Waals surface area contributed by atoms with Gasteiger partial charge in [-0.05, 0) is 20.8 Å². The molecular formula is C15H20ClN4O2S+. The number of amides is 1. The molecule has 3 aliphatic rings. The molecule has 0 aliphatic carbocycles. The first-order valence-corrected chi connectivity index (χ1v) is 8.86. The maximum Gasteiger partial charge on any atom is 0.410 e. The third-order valence-corrected chi connectivity index (χ3v) is 5.16. The predicted molar refractivity (Wildman–Crippen MR) is 93.3 cm³/mol. The highest BCUT2D eigenvalue weighted by atomic mass is 35.5. The van der Waals surface area contributed by atoms with Crippen molar-refractivity contribution in [2.45, 2.75) is 31.6 Å². The summed E-state index contributed by atoms with van der Waals surface area (Å²) in [5.74, 6) is 0.839. The van der Waals surface area contributed by atoms with Crippen molar-refractivity contribution in [1.82, 2.24) is 4.90 Å². The van der Waals surface area contributed by atoms with Crippen LogP contribution in [0, 0.1) is 0 Å². The Kier molecular flexibility index (Phi) is 4.29. The van der Waals surface area contributed by atoms with Gasteiger partial charge in [0.25, 0.3) is 0 Å². The van der Waals surface area contributed by atoms with Gasteiger partial charge in [-0.2, -0.15) is 4.99 Å². The summed E-state index contributed by atoms with van der Waals surface area (Å²) >= 11 is 8.29. The van der Waals surface area contributed by atoms with Crippen LogP contribution >= 0.6 is 23.5 Å². The number of hydrogen-bond donors (Lipinski definition) is 0. The minimum atomic E-state index is -0.492. The molecule has 0 aromatic rings. The lowest BCUT2D eigenvalue weighted by atomic mass is 10.2. The van der Waals surface area contributed by atoms with Crippen molar-refractivity contribution in [1.29, 1.82) is 0 Å². The summed E-state index contributed by atoms with van der Waals surface area (Å²) in [4.78, 5) is 22.7. The molecule has 0 aromatic heterocycles. The van der Waals surface area contributed by atoms with Crippen molar-refractivity contribution in [2.75, 3.05) is 18.8 Å². The van der Waals surface area contributed by atoms with Gasteiger partial charge in [0.05, 0.1) is 17.7 Å². The fourth-order valence-electron chi connectivity index (χ4n) is 2.53. The Bertz CT molecular complexity index is 638. The van der Waals surface area contributed by atoms with Gasteiger partial charge in [-0.25, -0.2) is 4.79 Å². The Balaban J connectivity index is 1.76. The van der Waals surface area contributed by atoms with Gasteiger partial charge >= 0.3 is 6.09 Å². The summed E-state index contributed by atoms with van der Waals surface area (Å²) in [5.41, 5.74) is 1.23. The van der Waals surface area contributed by atoms with E-state index in [0.29, 0.717) is 13.1 Å². The van der Waals surface area contributed by atoms with Crippen LogP contribution in [0.15, 0.2) is 33.8 Å². The molecule has 2 unspecified atom stereocenters. The minimum Gasteiger partial charge on any atom is -0.444 e. The molecule has 1 fully saturated rings. The van der Waals surface area contributed by atoms with Gasteiger partial charge in [0.1, 0.15) is 17.5 Å². The Labute approximate surface area is 145 Å². The van der Waals surface area contributed by atoms with E-state index in [2.05, 4.69) is 9.98 Å². The van der Waals surface area contributed by atoms with Crippen molar-refractivity contribution in [2.24, 2.45) is 9.98 Å². The number of fused-ring (bicyclic) bond motifs is 1. The third-order valence-electron chi connectivity index (χ3n) is 3.59. The van der Waals surface area contributed by atoms with Crippen LogP contribution in [0.4, 0.5) is 4.79 Å². The average Bonchev–Trinajstić information content (AvgIpc) is 2.83. The molecule has 3 heterocycles. The second kappa shape index (κ2) is 5.96. The van der Waals surface area contributed by atoms with Crippen LogP contribution < -0.4 is 0 Å². The highest BCUT2D eigenvalue weighted by Crippen LogP contribution is 2.37. The normalized spacial score (nSPS) is 29.9. The predicted octanol–water partition coefficient (Wildman–Crippen LogP) is 3.12. The summed E-state index contributed by atoms with van der Waals surface area (Å²) in [7, 11) is 0. The average molecular weight is 356 g/mol. The number of hydrogen-bond acceptors (Lipinski definition) is 5. The number of aliphatic imine (C=N–C) groups is 2. The number of carbonyl (C=O) groups is 1. The van der Waals surface area contributed by atoms with Crippen molar-refractivity contribution in [3.63, 3.8) is 0 Å².